The van der Waals surface area contributed by atoms with E-state index in [1.807, 2.05) is 13.8 Å². The van der Waals surface area contributed by atoms with Crippen LogP contribution < -0.4 is 0 Å². The first-order chi connectivity index (χ1) is 12.5. The third-order valence-corrected chi connectivity index (χ3v) is 5.84. The lowest BCUT2D eigenvalue weighted by molar-refractivity contribution is -0.275. The second-order valence-corrected chi connectivity index (χ2v) is 8.18. The van der Waals surface area contributed by atoms with Crippen LogP contribution in [-0.4, -0.2) is 61.9 Å². The molecular formula is C20H36O6. The third kappa shape index (κ3) is 6.14. The van der Waals surface area contributed by atoms with E-state index in [2.05, 4.69) is 6.92 Å². The zero-order chi connectivity index (χ0) is 18.5. The van der Waals surface area contributed by atoms with Gasteiger partial charge in [0.1, 0.15) is 6.10 Å². The van der Waals surface area contributed by atoms with Crippen LogP contribution in [-0.2, 0) is 23.7 Å². The molecule has 2 aliphatic heterocycles. The van der Waals surface area contributed by atoms with Crippen molar-refractivity contribution in [2.75, 3.05) is 19.8 Å². The minimum atomic E-state index is -0.278. The Morgan fingerprint density at radius 2 is 1.85 bits per heavy atom. The fraction of sp³-hybridized carbons (Fsp3) is 1.00. The molecule has 152 valence electrons. The van der Waals surface area contributed by atoms with Gasteiger partial charge in [0.05, 0.1) is 38.1 Å². The average Bonchev–Trinajstić information content (AvgIpc) is 3.41. The van der Waals surface area contributed by atoms with Crippen LogP contribution in [0.2, 0.25) is 0 Å². The number of ether oxygens (including phenoxy) is 5. The zero-order valence-corrected chi connectivity index (χ0v) is 16.5. The van der Waals surface area contributed by atoms with Crippen molar-refractivity contribution in [3.05, 3.63) is 0 Å². The highest BCUT2D eigenvalue weighted by atomic mass is 16.7. The molecule has 0 spiro atoms. The van der Waals surface area contributed by atoms with Gasteiger partial charge >= 0.3 is 0 Å². The minimum absolute atomic E-state index is 0.0766. The first kappa shape index (κ1) is 20.5. The molecule has 1 saturated carbocycles. The molecule has 6 unspecified atom stereocenters. The molecule has 1 aliphatic carbocycles. The van der Waals surface area contributed by atoms with E-state index >= 15 is 0 Å². The highest BCUT2D eigenvalue weighted by Gasteiger charge is 2.46. The van der Waals surface area contributed by atoms with Crippen LogP contribution >= 0.6 is 0 Å². The summed E-state index contributed by atoms with van der Waals surface area (Å²) in [5, 5.41) is 9.42. The van der Waals surface area contributed by atoms with Crippen molar-refractivity contribution < 1.29 is 28.8 Å². The van der Waals surface area contributed by atoms with Crippen molar-refractivity contribution in [2.24, 2.45) is 11.8 Å². The number of aliphatic hydroxyl groups is 1. The number of hydrogen-bond donors (Lipinski definition) is 1. The fourth-order valence-corrected chi connectivity index (χ4v) is 4.00. The topological polar surface area (TPSA) is 69.7 Å². The summed E-state index contributed by atoms with van der Waals surface area (Å²) in [6.07, 6.45) is 6.41. The maximum Gasteiger partial charge on any atom is 0.160 e. The van der Waals surface area contributed by atoms with Crippen LogP contribution in [0, 0.1) is 11.8 Å². The van der Waals surface area contributed by atoms with E-state index in [-0.39, 0.29) is 24.8 Å². The molecule has 6 heteroatoms. The maximum absolute atomic E-state index is 9.42. The van der Waals surface area contributed by atoms with Crippen molar-refractivity contribution in [1.29, 1.82) is 0 Å². The Kier molecular flexibility index (Phi) is 7.73. The van der Waals surface area contributed by atoms with E-state index in [0.717, 1.165) is 38.5 Å². The molecule has 1 N–H and O–H groups in total. The Labute approximate surface area is 157 Å². The van der Waals surface area contributed by atoms with Gasteiger partial charge in [-0.25, -0.2) is 0 Å². The SMILES string of the molecule is CCC(CCC(C)O)COC(C)OC1COC(C2CCC3OC3C2)OC1. The number of rotatable bonds is 10. The van der Waals surface area contributed by atoms with Crippen molar-refractivity contribution >= 4 is 0 Å². The quantitative estimate of drug-likeness (QED) is 0.470. The number of fused-ring (bicyclic) bond motifs is 1. The Balaban J connectivity index is 1.29. The standard InChI is InChI=1S/C20H36O6/c1-4-15(6-5-13(2)21)10-22-14(3)25-17-11-23-20(24-12-17)16-7-8-18-19(9-16)26-18/h13-21H,4-12H2,1-3H3. The first-order valence-electron chi connectivity index (χ1n) is 10.4. The summed E-state index contributed by atoms with van der Waals surface area (Å²) in [5.41, 5.74) is 0. The summed E-state index contributed by atoms with van der Waals surface area (Å²) in [6, 6.07) is 0. The molecule has 0 aromatic heterocycles. The average molecular weight is 373 g/mol. The van der Waals surface area contributed by atoms with E-state index < -0.39 is 0 Å². The molecule has 2 saturated heterocycles. The molecule has 3 rings (SSSR count). The van der Waals surface area contributed by atoms with Gasteiger partial charge in [-0.2, -0.15) is 0 Å². The first-order valence-corrected chi connectivity index (χ1v) is 10.4. The summed E-state index contributed by atoms with van der Waals surface area (Å²) in [4.78, 5) is 0. The number of hydrogen-bond acceptors (Lipinski definition) is 6. The fourth-order valence-electron chi connectivity index (χ4n) is 4.00. The molecule has 6 atom stereocenters. The summed E-state index contributed by atoms with van der Waals surface area (Å²) >= 11 is 0. The summed E-state index contributed by atoms with van der Waals surface area (Å²) in [7, 11) is 0. The highest BCUT2D eigenvalue weighted by molar-refractivity contribution is 4.93. The van der Waals surface area contributed by atoms with Gasteiger partial charge in [-0.3, -0.25) is 0 Å². The second kappa shape index (κ2) is 9.80. The molecule has 0 amide bonds. The predicted octanol–water partition coefficient (Wildman–Crippen LogP) is 2.86. The van der Waals surface area contributed by atoms with Crippen LogP contribution in [0.25, 0.3) is 0 Å². The lowest BCUT2D eigenvalue weighted by Gasteiger charge is -2.35. The number of aliphatic hydroxyl groups excluding tert-OH is 1. The molecule has 3 fully saturated rings. The van der Waals surface area contributed by atoms with E-state index in [1.165, 1.54) is 0 Å². The van der Waals surface area contributed by atoms with Gasteiger partial charge in [-0.15, -0.1) is 0 Å². The Morgan fingerprint density at radius 3 is 2.50 bits per heavy atom. The monoisotopic (exact) mass is 372 g/mol. The van der Waals surface area contributed by atoms with Crippen molar-refractivity contribution in [3.8, 4) is 0 Å². The smallest absolute Gasteiger partial charge is 0.160 e. The van der Waals surface area contributed by atoms with Gasteiger partial charge < -0.3 is 28.8 Å². The summed E-state index contributed by atoms with van der Waals surface area (Å²) < 4.78 is 29.2. The van der Waals surface area contributed by atoms with Crippen molar-refractivity contribution in [2.45, 2.75) is 96.3 Å². The van der Waals surface area contributed by atoms with Crippen LogP contribution in [0.5, 0.6) is 0 Å². The van der Waals surface area contributed by atoms with Gasteiger partial charge in [0.15, 0.2) is 12.6 Å². The van der Waals surface area contributed by atoms with Gasteiger partial charge in [0.25, 0.3) is 0 Å². The lowest BCUT2D eigenvalue weighted by atomic mass is 9.88. The van der Waals surface area contributed by atoms with E-state index in [0.29, 0.717) is 43.9 Å². The Hall–Kier alpha value is -0.240. The molecule has 2 heterocycles. The predicted molar refractivity (Wildman–Crippen MR) is 96.7 cm³/mol. The molecule has 0 radical (unpaired) electrons. The molecule has 6 nitrogen and oxygen atoms in total. The van der Waals surface area contributed by atoms with E-state index in [1.54, 1.807) is 0 Å². The molecule has 0 aromatic rings. The van der Waals surface area contributed by atoms with Gasteiger partial charge in [-0.1, -0.05) is 13.3 Å². The normalized spacial score (nSPS) is 37.6. The summed E-state index contributed by atoms with van der Waals surface area (Å²) in [5.74, 6) is 0.909. The third-order valence-electron chi connectivity index (χ3n) is 5.84. The van der Waals surface area contributed by atoms with Crippen LogP contribution in [0.3, 0.4) is 0 Å². The van der Waals surface area contributed by atoms with Gasteiger partial charge in [-0.05, 0) is 51.9 Å². The van der Waals surface area contributed by atoms with Gasteiger partial charge in [0.2, 0.25) is 0 Å². The Bertz CT molecular complexity index is 409. The summed E-state index contributed by atoms with van der Waals surface area (Å²) in [6.45, 7) is 7.70. The molecule has 0 aromatic carbocycles. The zero-order valence-electron chi connectivity index (χ0n) is 16.5. The van der Waals surface area contributed by atoms with Crippen molar-refractivity contribution in [3.63, 3.8) is 0 Å². The highest BCUT2D eigenvalue weighted by Crippen LogP contribution is 2.41. The maximum atomic E-state index is 9.42. The van der Waals surface area contributed by atoms with Crippen LogP contribution in [0.15, 0.2) is 0 Å². The number of epoxide rings is 1. The molecule has 26 heavy (non-hydrogen) atoms. The van der Waals surface area contributed by atoms with Crippen LogP contribution in [0.1, 0.15) is 59.3 Å². The second-order valence-electron chi connectivity index (χ2n) is 8.18. The van der Waals surface area contributed by atoms with Crippen LogP contribution in [0.4, 0.5) is 0 Å². The van der Waals surface area contributed by atoms with E-state index in [9.17, 15) is 5.11 Å². The molecule has 0 bridgehead atoms. The molecule has 3 aliphatic rings. The molecular weight excluding hydrogens is 336 g/mol. The minimum Gasteiger partial charge on any atom is -0.393 e. The van der Waals surface area contributed by atoms with Crippen molar-refractivity contribution in [1.82, 2.24) is 0 Å². The lowest BCUT2D eigenvalue weighted by Crippen LogP contribution is -2.43. The van der Waals surface area contributed by atoms with Gasteiger partial charge in [0, 0.05) is 5.92 Å². The van der Waals surface area contributed by atoms with E-state index in [4.69, 9.17) is 23.7 Å². The largest absolute Gasteiger partial charge is 0.393 e. The Morgan fingerprint density at radius 1 is 1.08 bits per heavy atom.